The quantitative estimate of drug-likeness (QED) is 0.874. The Hall–Kier alpha value is -1.26. The van der Waals surface area contributed by atoms with Gasteiger partial charge in [0.1, 0.15) is 0 Å². The molecule has 3 rings (SSSR count). The van der Waals surface area contributed by atoms with E-state index in [1.54, 1.807) is 7.11 Å². The lowest BCUT2D eigenvalue weighted by Gasteiger charge is -2.21. The third-order valence-corrected chi connectivity index (χ3v) is 4.71. The van der Waals surface area contributed by atoms with E-state index >= 15 is 0 Å². The van der Waals surface area contributed by atoms with E-state index in [0.29, 0.717) is 12.0 Å². The van der Waals surface area contributed by atoms with Gasteiger partial charge in [0.05, 0.1) is 13.7 Å². The third-order valence-electron chi connectivity index (χ3n) is 4.71. The lowest BCUT2D eigenvalue weighted by molar-refractivity contribution is 0.278. The van der Waals surface area contributed by atoms with Crippen LogP contribution in [0.2, 0.25) is 0 Å². The number of nitrogens with two attached hydrogens (primary N) is 1. The smallest absolute Gasteiger partial charge is 0.161 e. The average molecular weight is 290 g/mol. The minimum absolute atomic E-state index is 0.435. The van der Waals surface area contributed by atoms with Crippen molar-refractivity contribution in [2.75, 3.05) is 33.9 Å². The summed E-state index contributed by atoms with van der Waals surface area (Å²) in [5, 5.41) is 0. The van der Waals surface area contributed by atoms with Crippen LogP contribution in [0.15, 0.2) is 18.2 Å². The summed E-state index contributed by atoms with van der Waals surface area (Å²) < 4.78 is 11.4. The zero-order chi connectivity index (χ0) is 14.8. The Labute approximate surface area is 127 Å². The summed E-state index contributed by atoms with van der Waals surface area (Å²) in [7, 11) is 3.88. The van der Waals surface area contributed by atoms with E-state index in [1.807, 2.05) is 0 Å². The summed E-state index contributed by atoms with van der Waals surface area (Å²) in [5.74, 6) is 3.05. The van der Waals surface area contributed by atoms with Gasteiger partial charge in [-0.1, -0.05) is 6.07 Å². The van der Waals surface area contributed by atoms with Crippen LogP contribution < -0.4 is 15.2 Å². The predicted molar refractivity (Wildman–Crippen MR) is 83.7 cm³/mol. The Bertz CT molecular complexity index is 488. The largest absolute Gasteiger partial charge is 0.493 e. The molecule has 1 aromatic carbocycles. The normalized spacial score (nSPS) is 26.0. The summed E-state index contributed by atoms with van der Waals surface area (Å²) in [6, 6.07) is 6.79. The summed E-state index contributed by atoms with van der Waals surface area (Å²) in [6.45, 7) is 2.65. The fraction of sp³-hybridized carbons (Fsp3) is 0.647. The first-order chi connectivity index (χ1) is 10.2. The van der Waals surface area contributed by atoms with Crippen LogP contribution in [0.1, 0.15) is 30.9 Å². The molecule has 116 valence electrons. The molecule has 2 N–H and O–H groups in total. The number of nitrogens with zero attached hydrogens (tertiary/aromatic N) is 1. The SMILES string of the molecule is COc1cc(C2CC(CN)CN2C)ccc1OCC1CC1. The molecule has 2 aliphatic rings. The number of hydrogen-bond donors (Lipinski definition) is 1. The van der Waals surface area contributed by atoms with Gasteiger partial charge in [-0.15, -0.1) is 0 Å². The van der Waals surface area contributed by atoms with Gasteiger partial charge in [0, 0.05) is 12.6 Å². The Morgan fingerprint density at radius 2 is 2.05 bits per heavy atom. The highest BCUT2D eigenvalue weighted by atomic mass is 16.5. The third kappa shape index (κ3) is 3.33. The van der Waals surface area contributed by atoms with Crippen molar-refractivity contribution >= 4 is 0 Å². The van der Waals surface area contributed by atoms with E-state index in [-0.39, 0.29) is 0 Å². The standard InChI is InChI=1S/C17H26N2O2/c1-19-10-13(9-18)7-15(19)14-5-6-16(17(8-14)20-2)21-11-12-3-4-12/h5-6,8,12-13,15H,3-4,7,9-11,18H2,1-2H3. The van der Waals surface area contributed by atoms with Crippen molar-refractivity contribution in [2.24, 2.45) is 17.6 Å². The summed E-state index contributed by atoms with van der Waals surface area (Å²) in [5.41, 5.74) is 7.11. The van der Waals surface area contributed by atoms with E-state index in [1.165, 1.54) is 18.4 Å². The van der Waals surface area contributed by atoms with E-state index in [9.17, 15) is 0 Å². The zero-order valence-electron chi connectivity index (χ0n) is 13.0. The summed E-state index contributed by atoms with van der Waals surface area (Å²) in [6.07, 6.45) is 3.72. The van der Waals surface area contributed by atoms with Gasteiger partial charge in [0.15, 0.2) is 11.5 Å². The van der Waals surface area contributed by atoms with Gasteiger partial charge in [0.2, 0.25) is 0 Å². The maximum absolute atomic E-state index is 5.88. The second-order valence-electron chi connectivity index (χ2n) is 6.46. The highest BCUT2D eigenvalue weighted by molar-refractivity contribution is 5.44. The molecule has 1 aromatic rings. The van der Waals surface area contributed by atoms with Gasteiger partial charge in [-0.05, 0) is 62.4 Å². The first-order valence-corrected chi connectivity index (χ1v) is 7.92. The fourth-order valence-corrected chi connectivity index (χ4v) is 3.17. The topological polar surface area (TPSA) is 47.7 Å². The van der Waals surface area contributed by atoms with Crippen LogP contribution in [0.5, 0.6) is 11.5 Å². The molecule has 1 aliphatic carbocycles. The van der Waals surface area contributed by atoms with Crippen LogP contribution in [0.4, 0.5) is 0 Å². The molecule has 0 radical (unpaired) electrons. The maximum atomic E-state index is 5.88. The molecular formula is C17H26N2O2. The number of hydrogen-bond acceptors (Lipinski definition) is 4. The molecular weight excluding hydrogens is 264 g/mol. The molecule has 4 nitrogen and oxygen atoms in total. The molecule has 4 heteroatoms. The minimum Gasteiger partial charge on any atom is -0.493 e. The molecule has 0 bridgehead atoms. The van der Waals surface area contributed by atoms with Crippen molar-refractivity contribution in [3.8, 4) is 11.5 Å². The van der Waals surface area contributed by atoms with Crippen molar-refractivity contribution in [1.82, 2.24) is 4.90 Å². The van der Waals surface area contributed by atoms with Crippen LogP contribution in [-0.4, -0.2) is 38.8 Å². The Balaban J connectivity index is 1.73. The highest BCUT2D eigenvalue weighted by Gasteiger charge is 2.30. The van der Waals surface area contributed by atoms with Crippen LogP contribution >= 0.6 is 0 Å². The Kier molecular flexibility index (Phi) is 4.36. The molecule has 21 heavy (non-hydrogen) atoms. The number of rotatable bonds is 6. The molecule has 1 heterocycles. The average Bonchev–Trinajstić information content (AvgIpc) is 3.26. The molecule has 2 fully saturated rings. The van der Waals surface area contributed by atoms with Crippen molar-refractivity contribution in [3.05, 3.63) is 23.8 Å². The minimum atomic E-state index is 0.435. The van der Waals surface area contributed by atoms with Crippen LogP contribution in [-0.2, 0) is 0 Å². The summed E-state index contributed by atoms with van der Waals surface area (Å²) in [4.78, 5) is 2.39. The highest BCUT2D eigenvalue weighted by Crippen LogP contribution is 2.38. The predicted octanol–water partition coefficient (Wildman–Crippen LogP) is 2.44. The molecule has 0 aromatic heterocycles. The Morgan fingerprint density at radius 1 is 1.24 bits per heavy atom. The molecule has 2 atom stereocenters. The number of benzene rings is 1. The number of likely N-dealkylation sites (tertiary alicyclic amines) is 1. The van der Waals surface area contributed by atoms with Crippen molar-refractivity contribution in [1.29, 1.82) is 0 Å². The Morgan fingerprint density at radius 3 is 2.67 bits per heavy atom. The first kappa shape index (κ1) is 14.7. The monoisotopic (exact) mass is 290 g/mol. The first-order valence-electron chi connectivity index (χ1n) is 7.92. The van der Waals surface area contributed by atoms with Crippen LogP contribution in [0, 0.1) is 11.8 Å². The second kappa shape index (κ2) is 6.24. The molecule has 0 amide bonds. The molecule has 1 saturated heterocycles. The fourth-order valence-electron chi connectivity index (χ4n) is 3.17. The van der Waals surface area contributed by atoms with Gasteiger partial charge in [-0.25, -0.2) is 0 Å². The van der Waals surface area contributed by atoms with Crippen molar-refractivity contribution < 1.29 is 9.47 Å². The van der Waals surface area contributed by atoms with E-state index < -0.39 is 0 Å². The second-order valence-corrected chi connectivity index (χ2v) is 6.46. The summed E-state index contributed by atoms with van der Waals surface area (Å²) >= 11 is 0. The molecule has 0 spiro atoms. The van der Waals surface area contributed by atoms with Gasteiger partial charge in [-0.3, -0.25) is 4.90 Å². The van der Waals surface area contributed by atoms with Gasteiger partial charge in [0.25, 0.3) is 0 Å². The number of methoxy groups -OCH3 is 1. The lowest BCUT2D eigenvalue weighted by Crippen LogP contribution is -2.20. The molecule has 1 aliphatic heterocycles. The molecule has 1 saturated carbocycles. The van der Waals surface area contributed by atoms with E-state index in [2.05, 4.69) is 30.1 Å². The maximum Gasteiger partial charge on any atom is 0.161 e. The van der Waals surface area contributed by atoms with Gasteiger partial charge in [-0.2, -0.15) is 0 Å². The lowest BCUT2D eigenvalue weighted by atomic mass is 9.99. The van der Waals surface area contributed by atoms with Gasteiger partial charge < -0.3 is 15.2 Å². The van der Waals surface area contributed by atoms with Crippen LogP contribution in [0.25, 0.3) is 0 Å². The van der Waals surface area contributed by atoms with Crippen molar-refractivity contribution in [2.45, 2.75) is 25.3 Å². The molecule has 2 unspecified atom stereocenters. The zero-order valence-corrected chi connectivity index (χ0v) is 13.0. The van der Waals surface area contributed by atoms with E-state index in [0.717, 1.165) is 43.5 Å². The van der Waals surface area contributed by atoms with Crippen LogP contribution in [0.3, 0.4) is 0 Å². The van der Waals surface area contributed by atoms with Crippen molar-refractivity contribution in [3.63, 3.8) is 0 Å². The van der Waals surface area contributed by atoms with E-state index in [4.69, 9.17) is 15.2 Å². The number of ether oxygens (including phenoxy) is 2. The van der Waals surface area contributed by atoms with Gasteiger partial charge >= 0.3 is 0 Å².